The number of furan rings is 1. The number of hydrogen-bond donors (Lipinski definition) is 0. The summed E-state index contributed by atoms with van der Waals surface area (Å²) in [5, 5.41) is 4.35. The van der Waals surface area contributed by atoms with E-state index in [9.17, 15) is 4.79 Å². The standard InChI is InChI=1S/C19H26N4O2/c1-2-23-14-15(12-20-23)13-21-6-4-7-22(9-8-21)19(24)17-11-16(17)18-5-3-10-25-18/h3,5,10,12,14,16-17H,2,4,6-9,11,13H2,1H3/t16-,17-/m0/s1. The molecule has 1 aliphatic carbocycles. The molecule has 2 aromatic heterocycles. The van der Waals surface area contributed by atoms with Crippen molar-refractivity contribution in [2.75, 3.05) is 26.2 Å². The number of aromatic nitrogens is 2. The monoisotopic (exact) mass is 342 g/mol. The summed E-state index contributed by atoms with van der Waals surface area (Å²) in [5.74, 6) is 1.69. The van der Waals surface area contributed by atoms with Gasteiger partial charge in [-0.2, -0.15) is 5.10 Å². The molecule has 1 aliphatic heterocycles. The van der Waals surface area contributed by atoms with Crippen molar-refractivity contribution < 1.29 is 9.21 Å². The van der Waals surface area contributed by atoms with Crippen molar-refractivity contribution in [1.29, 1.82) is 0 Å². The fourth-order valence-corrected chi connectivity index (χ4v) is 3.79. The number of carbonyl (C=O) groups is 1. The van der Waals surface area contributed by atoms with Crippen LogP contribution in [0.3, 0.4) is 0 Å². The van der Waals surface area contributed by atoms with Gasteiger partial charge in [-0.1, -0.05) is 0 Å². The number of carbonyl (C=O) groups excluding carboxylic acids is 1. The van der Waals surface area contributed by atoms with Gasteiger partial charge in [0, 0.05) is 62.9 Å². The van der Waals surface area contributed by atoms with Crippen LogP contribution in [0.25, 0.3) is 0 Å². The number of rotatable bonds is 5. The lowest BCUT2D eigenvalue weighted by atomic mass is 10.2. The van der Waals surface area contributed by atoms with E-state index in [0.717, 1.165) is 57.9 Å². The lowest BCUT2D eigenvalue weighted by molar-refractivity contribution is -0.132. The molecule has 2 aromatic rings. The van der Waals surface area contributed by atoms with Crippen molar-refractivity contribution in [2.24, 2.45) is 5.92 Å². The van der Waals surface area contributed by atoms with Gasteiger partial charge in [-0.05, 0) is 31.9 Å². The predicted octanol–water partition coefficient (Wildman–Crippen LogP) is 2.33. The smallest absolute Gasteiger partial charge is 0.226 e. The van der Waals surface area contributed by atoms with E-state index in [-0.39, 0.29) is 5.92 Å². The topological polar surface area (TPSA) is 54.5 Å². The molecule has 0 unspecified atom stereocenters. The Morgan fingerprint density at radius 3 is 3.00 bits per heavy atom. The average Bonchev–Trinajstić information content (AvgIpc) is 3.08. The number of aryl methyl sites for hydroxylation is 1. The zero-order valence-electron chi connectivity index (χ0n) is 14.8. The maximum absolute atomic E-state index is 12.8. The van der Waals surface area contributed by atoms with Gasteiger partial charge in [0.1, 0.15) is 5.76 Å². The van der Waals surface area contributed by atoms with Crippen molar-refractivity contribution in [2.45, 2.75) is 38.8 Å². The van der Waals surface area contributed by atoms with Crippen molar-refractivity contribution >= 4 is 5.91 Å². The van der Waals surface area contributed by atoms with E-state index in [2.05, 4.69) is 28.0 Å². The van der Waals surface area contributed by atoms with Gasteiger partial charge in [-0.25, -0.2) is 0 Å². The number of nitrogens with zero attached hydrogens (tertiary/aromatic N) is 4. The van der Waals surface area contributed by atoms with Gasteiger partial charge in [0.15, 0.2) is 0 Å². The normalized spacial score (nSPS) is 24.3. The van der Waals surface area contributed by atoms with Crippen LogP contribution in [-0.2, 0) is 17.9 Å². The summed E-state index contributed by atoms with van der Waals surface area (Å²) < 4.78 is 7.42. The van der Waals surface area contributed by atoms with Gasteiger partial charge < -0.3 is 9.32 Å². The zero-order chi connectivity index (χ0) is 17.2. The Balaban J connectivity index is 1.30. The first-order valence-corrected chi connectivity index (χ1v) is 9.30. The van der Waals surface area contributed by atoms with Crippen LogP contribution in [0.15, 0.2) is 35.2 Å². The Hall–Kier alpha value is -2.08. The minimum Gasteiger partial charge on any atom is -0.469 e. The van der Waals surface area contributed by atoms with Crippen LogP contribution in [0, 0.1) is 5.92 Å². The molecular weight excluding hydrogens is 316 g/mol. The summed E-state index contributed by atoms with van der Waals surface area (Å²) in [4.78, 5) is 17.3. The van der Waals surface area contributed by atoms with Gasteiger partial charge in [-0.15, -0.1) is 0 Å². The minimum absolute atomic E-state index is 0.125. The first-order valence-electron chi connectivity index (χ1n) is 9.30. The van der Waals surface area contributed by atoms with E-state index in [1.165, 1.54) is 5.56 Å². The molecule has 0 aromatic carbocycles. The molecule has 2 fully saturated rings. The maximum Gasteiger partial charge on any atom is 0.226 e. The molecule has 2 aliphatic rings. The van der Waals surface area contributed by atoms with E-state index in [0.29, 0.717) is 11.8 Å². The Labute approximate surface area is 148 Å². The highest BCUT2D eigenvalue weighted by Gasteiger charge is 2.47. The summed E-state index contributed by atoms with van der Waals surface area (Å²) >= 11 is 0. The highest BCUT2D eigenvalue weighted by atomic mass is 16.3. The number of hydrogen-bond acceptors (Lipinski definition) is 4. The summed E-state index contributed by atoms with van der Waals surface area (Å²) in [6, 6.07) is 3.89. The Kier molecular flexibility index (Phi) is 4.61. The van der Waals surface area contributed by atoms with Crippen LogP contribution in [0.5, 0.6) is 0 Å². The molecule has 1 saturated carbocycles. The van der Waals surface area contributed by atoms with Crippen molar-refractivity contribution in [3.05, 3.63) is 42.1 Å². The molecule has 134 valence electrons. The van der Waals surface area contributed by atoms with E-state index in [1.807, 2.05) is 23.0 Å². The van der Waals surface area contributed by atoms with Crippen molar-refractivity contribution in [1.82, 2.24) is 19.6 Å². The van der Waals surface area contributed by atoms with Crippen molar-refractivity contribution in [3.63, 3.8) is 0 Å². The molecule has 1 saturated heterocycles. The van der Waals surface area contributed by atoms with E-state index >= 15 is 0 Å². The first-order chi connectivity index (χ1) is 12.2. The van der Waals surface area contributed by atoms with Gasteiger partial charge in [0.25, 0.3) is 0 Å². The number of amides is 1. The molecule has 6 heteroatoms. The summed E-state index contributed by atoms with van der Waals surface area (Å²) in [7, 11) is 0. The fourth-order valence-electron chi connectivity index (χ4n) is 3.79. The summed E-state index contributed by atoms with van der Waals surface area (Å²) in [6.45, 7) is 7.57. The van der Waals surface area contributed by atoms with E-state index < -0.39 is 0 Å². The third kappa shape index (κ3) is 3.63. The Morgan fingerprint density at radius 2 is 2.24 bits per heavy atom. The molecule has 25 heavy (non-hydrogen) atoms. The van der Waals surface area contributed by atoms with E-state index in [1.54, 1.807) is 6.26 Å². The van der Waals surface area contributed by atoms with Gasteiger partial charge in [0.05, 0.1) is 12.5 Å². The third-order valence-corrected chi connectivity index (χ3v) is 5.33. The molecule has 0 N–H and O–H groups in total. The second kappa shape index (κ2) is 7.04. The fraction of sp³-hybridized carbons (Fsp3) is 0.579. The quantitative estimate of drug-likeness (QED) is 0.837. The molecule has 1 amide bonds. The van der Waals surface area contributed by atoms with Crippen LogP contribution >= 0.6 is 0 Å². The van der Waals surface area contributed by atoms with Crippen molar-refractivity contribution in [3.8, 4) is 0 Å². The zero-order valence-corrected chi connectivity index (χ0v) is 14.8. The average molecular weight is 342 g/mol. The van der Waals surface area contributed by atoms with Crippen LogP contribution in [0.4, 0.5) is 0 Å². The second-order valence-corrected chi connectivity index (χ2v) is 7.12. The SMILES string of the molecule is CCn1cc(CN2CCCN(C(=O)[C@H]3C[C@@H]3c3ccco3)CC2)cn1. The molecule has 0 radical (unpaired) electrons. The van der Waals surface area contributed by atoms with Crippen LogP contribution in [-0.4, -0.2) is 51.7 Å². The second-order valence-electron chi connectivity index (χ2n) is 7.12. The highest BCUT2D eigenvalue weighted by Crippen LogP contribution is 2.48. The van der Waals surface area contributed by atoms with Gasteiger partial charge in [-0.3, -0.25) is 14.4 Å². The van der Waals surface area contributed by atoms with Crippen LogP contribution in [0.2, 0.25) is 0 Å². The predicted molar refractivity (Wildman–Crippen MR) is 93.9 cm³/mol. The Bertz CT molecular complexity index is 709. The largest absolute Gasteiger partial charge is 0.469 e. The first kappa shape index (κ1) is 16.4. The van der Waals surface area contributed by atoms with E-state index in [4.69, 9.17) is 4.42 Å². The van der Waals surface area contributed by atoms with Crippen LogP contribution < -0.4 is 0 Å². The summed E-state index contributed by atoms with van der Waals surface area (Å²) in [6.07, 6.45) is 7.73. The molecule has 0 spiro atoms. The maximum atomic E-state index is 12.8. The highest BCUT2D eigenvalue weighted by molar-refractivity contribution is 5.82. The molecule has 3 heterocycles. The molecule has 2 atom stereocenters. The van der Waals surface area contributed by atoms with Crippen LogP contribution in [0.1, 0.15) is 37.0 Å². The molecule has 0 bridgehead atoms. The van der Waals surface area contributed by atoms with Gasteiger partial charge >= 0.3 is 0 Å². The lowest BCUT2D eigenvalue weighted by Crippen LogP contribution is -2.36. The Morgan fingerprint density at radius 1 is 1.32 bits per heavy atom. The van der Waals surface area contributed by atoms with Gasteiger partial charge in [0.2, 0.25) is 5.91 Å². The third-order valence-electron chi connectivity index (χ3n) is 5.33. The lowest BCUT2D eigenvalue weighted by Gasteiger charge is -2.22. The molecule has 6 nitrogen and oxygen atoms in total. The summed E-state index contributed by atoms with van der Waals surface area (Å²) in [5.41, 5.74) is 1.25. The molecular formula is C19H26N4O2. The minimum atomic E-state index is 0.125. The molecule has 4 rings (SSSR count).